The molecule has 0 fully saturated rings. The van der Waals surface area contributed by atoms with Crippen molar-refractivity contribution in [2.75, 3.05) is 7.05 Å². The van der Waals surface area contributed by atoms with Crippen molar-refractivity contribution in [2.45, 2.75) is 0 Å². The molecule has 2 N–H and O–H groups in total. The Kier molecular flexibility index (Phi) is 3.90. The van der Waals surface area contributed by atoms with Crippen molar-refractivity contribution < 1.29 is 19.4 Å². The molecule has 0 unspecified atom stereocenters. The second-order valence-corrected chi connectivity index (χ2v) is 3.73. The van der Waals surface area contributed by atoms with E-state index in [4.69, 9.17) is 9.84 Å². The van der Waals surface area contributed by atoms with E-state index < -0.39 is 5.97 Å². The number of amides is 1. The number of nitrogens with zero attached hydrogens (tertiary/aromatic N) is 2. The topological polar surface area (TPSA) is 101 Å². The number of carbonyl (C=O) groups excluding carboxylic acids is 1. The van der Waals surface area contributed by atoms with Crippen LogP contribution in [0.25, 0.3) is 0 Å². The lowest BCUT2D eigenvalue weighted by molar-refractivity contribution is 0.0693. The summed E-state index contributed by atoms with van der Waals surface area (Å²) in [6.07, 6.45) is 4.05. The number of rotatable bonds is 4. The highest BCUT2D eigenvalue weighted by molar-refractivity contribution is 5.92. The SMILES string of the molecule is CNC(=O)c1cc(Oc2cnccc2C(=O)O)ccn1. The fraction of sp³-hybridized carbons (Fsp3) is 0.0769. The largest absolute Gasteiger partial charge is 0.478 e. The third-order valence-electron chi connectivity index (χ3n) is 2.43. The number of ether oxygens (including phenoxy) is 1. The Balaban J connectivity index is 2.31. The summed E-state index contributed by atoms with van der Waals surface area (Å²) in [5, 5.41) is 11.5. The number of aromatic nitrogens is 2. The zero-order chi connectivity index (χ0) is 14.5. The molecule has 102 valence electrons. The van der Waals surface area contributed by atoms with Gasteiger partial charge >= 0.3 is 5.97 Å². The standard InChI is InChI=1S/C13H11N3O4/c1-14-12(17)10-6-8(2-5-16-10)20-11-7-15-4-3-9(11)13(18)19/h2-7H,1H3,(H,14,17)(H,18,19). The maximum Gasteiger partial charge on any atom is 0.339 e. The summed E-state index contributed by atoms with van der Waals surface area (Å²) in [5.41, 5.74) is 0.157. The summed E-state index contributed by atoms with van der Waals surface area (Å²) >= 11 is 0. The Labute approximate surface area is 114 Å². The number of carbonyl (C=O) groups is 2. The fourth-order valence-corrected chi connectivity index (χ4v) is 1.49. The van der Waals surface area contributed by atoms with Crippen LogP contribution >= 0.6 is 0 Å². The molecule has 0 bridgehead atoms. The molecule has 1 amide bonds. The molecule has 0 radical (unpaired) electrons. The van der Waals surface area contributed by atoms with Crippen LogP contribution in [0.2, 0.25) is 0 Å². The number of carboxylic acids is 1. The molecule has 20 heavy (non-hydrogen) atoms. The van der Waals surface area contributed by atoms with Crippen LogP contribution in [0.5, 0.6) is 11.5 Å². The van der Waals surface area contributed by atoms with E-state index in [0.717, 1.165) is 0 Å². The number of hydrogen-bond acceptors (Lipinski definition) is 5. The summed E-state index contributed by atoms with van der Waals surface area (Å²) < 4.78 is 5.44. The maximum atomic E-state index is 11.5. The first kappa shape index (κ1) is 13.5. The monoisotopic (exact) mass is 273 g/mol. The number of carboxylic acid groups (broad SMARTS) is 1. The smallest absolute Gasteiger partial charge is 0.339 e. The van der Waals surface area contributed by atoms with E-state index in [2.05, 4.69) is 15.3 Å². The second-order valence-electron chi connectivity index (χ2n) is 3.73. The van der Waals surface area contributed by atoms with Crippen LogP contribution in [-0.4, -0.2) is 34.0 Å². The van der Waals surface area contributed by atoms with Gasteiger partial charge in [0.05, 0.1) is 6.20 Å². The van der Waals surface area contributed by atoms with Gasteiger partial charge in [0.15, 0.2) is 5.75 Å². The van der Waals surface area contributed by atoms with Gasteiger partial charge in [0.1, 0.15) is 17.0 Å². The first-order chi connectivity index (χ1) is 9.61. The highest BCUT2D eigenvalue weighted by Gasteiger charge is 2.13. The minimum absolute atomic E-state index is 0.0155. The Morgan fingerprint density at radius 2 is 2.10 bits per heavy atom. The predicted molar refractivity (Wildman–Crippen MR) is 68.9 cm³/mol. The molecule has 7 nitrogen and oxygen atoms in total. The third-order valence-corrected chi connectivity index (χ3v) is 2.43. The van der Waals surface area contributed by atoms with Gasteiger partial charge in [0, 0.05) is 25.5 Å². The summed E-state index contributed by atoms with van der Waals surface area (Å²) in [6.45, 7) is 0. The molecule has 2 heterocycles. The van der Waals surface area contributed by atoms with Crippen molar-refractivity contribution in [1.29, 1.82) is 0 Å². The number of hydrogen-bond donors (Lipinski definition) is 2. The van der Waals surface area contributed by atoms with E-state index in [-0.39, 0.29) is 22.9 Å². The van der Waals surface area contributed by atoms with Gasteiger partial charge in [-0.1, -0.05) is 0 Å². The fourth-order valence-electron chi connectivity index (χ4n) is 1.49. The van der Waals surface area contributed by atoms with E-state index in [9.17, 15) is 9.59 Å². The summed E-state index contributed by atoms with van der Waals surface area (Å²) in [5.74, 6) is -1.09. The molecule has 2 aromatic heterocycles. The van der Waals surface area contributed by atoms with Crippen LogP contribution in [-0.2, 0) is 0 Å². The zero-order valence-electron chi connectivity index (χ0n) is 10.5. The molecule has 0 atom stereocenters. The van der Waals surface area contributed by atoms with Crippen LogP contribution in [0, 0.1) is 0 Å². The average Bonchev–Trinajstić information content (AvgIpc) is 2.47. The molecule has 2 rings (SSSR count). The highest BCUT2D eigenvalue weighted by atomic mass is 16.5. The van der Waals surface area contributed by atoms with Crippen LogP contribution < -0.4 is 10.1 Å². The molecule has 0 spiro atoms. The molecule has 0 aliphatic heterocycles. The minimum Gasteiger partial charge on any atom is -0.478 e. The lowest BCUT2D eigenvalue weighted by atomic mass is 10.2. The van der Waals surface area contributed by atoms with Crippen molar-refractivity contribution >= 4 is 11.9 Å². The van der Waals surface area contributed by atoms with Crippen LogP contribution in [0.3, 0.4) is 0 Å². The summed E-state index contributed by atoms with van der Waals surface area (Å²) in [6, 6.07) is 4.26. The minimum atomic E-state index is -1.12. The Hall–Kier alpha value is -2.96. The molecular weight excluding hydrogens is 262 g/mol. The van der Waals surface area contributed by atoms with E-state index >= 15 is 0 Å². The number of nitrogens with one attached hydrogen (secondary N) is 1. The molecule has 0 aliphatic rings. The van der Waals surface area contributed by atoms with Crippen LogP contribution in [0.15, 0.2) is 36.8 Å². The van der Waals surface area contributed by atoms with Gasteiger partial charge in [0.2, 0.25) is 0 Å². The number of pyridine rings is 2. The highest BCUT2D eigenvalue weighted by Crippen LogP contribution is 2.24. The first-order valence-corrected chi connectivity index (χ1v) is 5.65. The van der Waals surface area contributed by atoms with Gasteiger partial charge in [-0.2, -0.15) is 0 Å². The lowest BCUT2D eigenvalue weighted by Crippen LogP contribution is -2.19. The van der Waals surface area contributed by atoms with Crippen molar-refractivity contribution in [2.24, 2.45) is 0 Å². The van der Waals surface area contributed by atoms with Crippen molar-refractivity contribution in [3.8, 4) is 11.5 Å². The average molecular weight is 273 g/mol. The maximum absolute atomic E-state index is 11.5. The Morgan fingerprint density at radius 3 is 2.80 bits per heavy atom. The molecular formula is C13H11N3O4. The van der Waals surface area contributed by atoms with Crippen molar-refractivity contribution in [3.05, 3.63) is 48.0 Å². The molecule has 0 aliphatic carbocycles. The predicted octanol–water partition coefficient (Wildman–Crippen LogP) is 1.33. The quantitative estimate of drug-likeness (QED) is 0.871. The van der Waals surface area contributed by atoms with E-state index in [1.165, 1.54) is 43.8 Å². The molecule has 2 aromatic rings. The van der Waals surface area contributed by atoms with Gasteiger partial charge in [-0.3, -0.25) is 14.8 Å². The van der Waals surface area contributed by atoms with Gasteiger partial charge in [0.25, 0.3) is 5.91 Å². The molecule has 0 saturated heterocycles. The van der Waals surface area contributed by atoms with Crippen LogP contribution in [0.1, 0.15) is 20.8 Å². The van der Waals surface area contributed by atoms with Gasteiger partial charge in [-0.05, 0) is 12.1 Å². The van der Waals surface area contributed by atoms with E-state index in [0.29, 0.717) is 5.75 Å². The first-order valence-electron chi connectivity index (χ1n) is 5.65. The van der Waals surface area contributed by atoms with Crippen molar-refractivity contribution in [1.82, 2.24) is 15.3 Å². The number of aromatic carboxylic acids is 1. The summed E-state index contributed by atoms with van der Waals surface area (Å²) in [7, 11) is 1.49. The van der Waals surface area contributed by atoms with Crippen LogP contribution in [0.4, 0.5) is 0 Å². The molecule has 7 heteroatoms. The Bertz CT molecular complexity index is 658. The summed E-state index contributed by atoms with van der Waals surface area (Å²) in [4.78, 5) is 30.2. The second kappa shape index (κ2) is 5.79. The van der Waals surface area contributed by atoms with Crippen molar-refractivity contribution in [3.63, 3.8) is 0 Å². The Morgan fingerprint density at radius 1 is 1.30 bits per heavy atom. The van der Waals surface area contributed by atoms with Gasteiger partial charge in [-0.15, -0.1) is 0 Å². The van der Waals surface area contributed by atoms with E-state index in [1.54, 1.807) is 0 Å². The zero-order valence-corrected chi connectivity index (χ0v) is 10.5. The van der Waals surface area contributed by atoms with Gasteiger partial charge in [-0.25, -0.2) is 4.79 Å². The molecule has 0 saturated carbocycles. The van der Waals surface area contributed by atoms with Gasteiger partial charge < -0.3 is 15.2 Å². The molecule has 0 aromatic carbocycles. The van der Waals surface area contributed by atoms with E-state index in [1.807, 2.05) is 0 Å². The lowest BCUT2D eigenvalue weighted by Gasteiger charge is -2.08. The normalized spacial score (nSPS) is 9.85. The third kappa shape index (κ3) is 2.89.